The Bertz CT molecular complexity index is 1380. The molecule has 2 aromatic rings. The molecule has 1 aliphatic heterocycles. The number of hydrogen-bond acceptors (Lipinski definition) is 7. The van der Waals surface area contributed by atoms with Crippen LogP contribution in [0.1, 0.15) is 70.4 Å². The summed E-state index contributed by atoms with van der Waals surface area (Å²) in [5.41, 5.74) is 2.23. The first kappa shape index (κ1) is 26.7. The van der Waals surface area contributed by atoms with Gasteiger partial charge in [-0.25, -0.2) is 0 Å². The number of non-ortho nitro benzene ring substituents is 1. The highest BCUT2D eigenvalue weighted by molar-refractivity contribution is 6.06. The molecule has 0 N–H and O–H groups in total. The molecule has 1 heterocycles. The molecule has 0 spiro atoms. The van der Waals surface area contributed by atoms with E-state index in [2.05, 4.69) is 27.7 Å². The van der Waals surface area contributed by atoms with Crippen LogP contribution in [0, 0.1) is 20.9 Å². The smallest absolute Gasteiger partial charge is 0.269 e. The lowest BCUT2D eigenvalue weighted by molar-refractivity contribution is -0.384. The van der Waals surface area contributed by atoms with E-state index in [0.29, 0.717) is 59.8 Å². The highest BCUT2D eigenvalue weighted by atomic mass is 16.6. The molecule has 8 nitrogen and oxygen atoms in total. The number of Topliss-reactive ketones (excluding diaryl/α,β-unsaturated/α-hetero) is 2. The van der Waals surface area contributed by atoms with Gasteiger partial charge in [0, 0.05) is 60.4 Å². The van der Waals surface area contributed by atoms with Gasteiger partial charge in [0.05, 0.1) is 12.0 Å². The number of nitro groups is 1. The summed E-state index contributed by atoms with van der Waals surface area (Å²) in [6.45, 7) is 8.39. The minimum atomic E-state index is -0.514. The largest absolute Gasteiger partial charge is 0.496 e. The number of ketones is 2. The van der Waals surface area contributed by atoms with E-state index in [1.807, 2.05) is 18.2 Å². The fourth-order valence-corrected chi connectivity index (χ4v) is 5.92. The first-order valence-corrected chi connectivity index (χ1v) is 13.1. The Morgan fingerprint density at radius 3 is 1.97 bits per heavy atom. The maximum atomic E-state index is 13.6. The van der Waals surface area contributed by atoms with Gasteiger partial charge in [-0.3, -0.25) is 19.7 Å². The molecule has 3 aliphatic rings. The number of nitro benzene ring substituents is 1. The first-order valence-electron chi connectivity index (χ1n) is 13.1. The van der Waals surface area contributed by atoms with E-state index in [9.17, 15) is 19.7 Å². The average molecular weight is 532 g/mol. The molecular weight excluding hydrogens is 498 g/mol. The highest BCUT2D eigenvalue weighted by Crippen LogP contribution is 2.53. The zero-order valence-corrected chi connectivity index (χ0v) is 23.0. The molecule has 0 saturated carbocycles. The highest BCUT2D eigenvalue weighted by Gasteiger charge is 2.47. The number of ether oxygens (including phenoxy) is 3. The summed E-state index contributed by atoms with van der Waals surface area (Å²) in [6.07, 6.45) is 2.03. The van der Waals surface area contributed by atoms with Crippen LogP contribution in [-0.2, 0) is 20.9 Å². The fraction of sp³-hybridized carbons (Fsp3) is 0.419. The molecule has 0 amide bonds. The van der Waals surface area contributed by atoms with Crippen molar-refractivity contribution in [2.24, 2.45) is 10.8 Å². The first-order chi connectivity index (χ1) is 18.4. The number of carbonyl (C=O) groups is 2. The predicted octanol–water partition coefficient (Wildman–Crippen LogP) is 6.58. The second-order valence-corrected chi connectivity index (χ2v) is 12.2. The van der Waals surface area contributed by atoms with Crippen LogP contribution in [0.25, 0.3) is 0 Å². The maximum Gasteiger partial charge on any atom is 0.269 e. The van der Waals surface area contributed by atoms with Crippen molar-refractivity contribution in [2.75, 3.05) is 7.11 Å². The number of rotatable bonds is 6. The van der Waals surface area contributed by atoms with Crippen LogP contribution < -0.4 is 9.47 Å². The summed E-state index contributed by atoms with van der Waals surface area (Å²) >= 11 is 0. The molecular formula is C31H33NO7. The van der Waals surface area contributed by atoms with Crippen LogP contribution in [0.2, 0.25) is 0 Å². The zero-order chi connectivity index (χ0) is 28.1. The number of benzene rings is 2. The standard InChI is InChI=1S/C31H33NO7/c1-30(2)13-22(33)28-25(15-30)39-26-16-31(3,4)14-23(34)29(26)27(28)18-6-11-24(37-5)19(12-18)17-38-21-9-7-20(8-10-21)32(35)36/h6-12,27H,13-17H2,1-5H3. The maximum absolute atomic E-state index is 13.6. The van der Waals surface area contributed by atoms with E-state index in [1.165, 1.54) is 12.1 Å². The molecule has 0 bridgehead atoms. The Morgan fingerprint density at radius 1 is 0.897 bits per heavy atom. The normalized spacial score (nSPS) is 20.2. The molecule has 2 aromatic carbocycles. The third-order valence-corrected chi connectivity index (χ3v) is 7.66. The number of methoxy groups -OCH3 is 1. The van der Waals surface area contributed by atoms with E-state index in [1.54, 1.807) is 19.2 Å². The van der Waals surface area contributed by atoms with Gasteiger partial charge in [-0.2, -0.15) is 0 Å². The molecule has 0 radical (unpaired) electrons. The molecule has 204 valence electrons. The molecule has 0 unspecified atom stereocenters. The van der Waals surface area contributed by atoms with E-state index in [0.717, 1.165) is 11.1 Å². The van der Waals surface area contributed by atoms with Gasteiger partial charge in [0.1, 0.15) is 29.6 Å². The number of nitrogens with zero attached hydrogens (tertiary/aromatic N) is 1. The molecule has 2 aliphatic carbocycles. The SMILES string of the molecule is COc1ccc(C2C3=C(CC(C)(C)CC3=O)OC3=C2C(=O)CC(C)(C)C3)cc1COc1ccc([N+](=O)[O-])cc1. The van der Waals surface area contributed by atoms with E-state index >= 15 is 0 Å². The van der Waals surface area contributed by atoms with Crippen LogP contribution in [0.4, 0.5) is 5.69 Å². The van der Waals surface area contributed by atoms with E-state index in [-0.39, 0.29) is 34.7 Å². The predicted molar refractivity (Wildman–Crippen MR) is 144 cm³/mol. The lowest BCUT2D eigenvalue weighted by Gasteiger charge is -2.42. The quantitative estimate of drug-likeness (QED) is 0.306. The Labute approximate surface area is 227 Å². The van der Waals surface area contributed by atoms with Crippen molar-refractivity contribution < 1.29 is 28.7 Å². The molecule has 8 heteroatoms. The Kier molecular flexibility index (Phi) is 6.61. The summed E-state index contributed by atoms with van der Waals surface area (Å²) < 4.78 is 17.9. The van der Waals surface area contributed by atoms with Gasteiger partial charge < -0.3 is 14.2 Å². The van der Waals surface area contributed by atoms with Gasteiger partial charge in [0.15, 0.2) is 11.6 Å². The number of carbonyl (C=O) groups excluding carboxylic acids is 2. The molecule has 0 fully saturated rings. The van der Waals surface area contributed by atoms with Gasteiger partial charge in [-0.1, -0.05) is 33.8 Å². The fourth-order valence-electron chi connectivity index (χ4n) is 5.92. The van der Waals surface area contributed by atoms with Crippen LogP contribution >= 0.6 is 0 Å². The minimum Gasteiger partial charge on any atom is -0.496 e. The van der Waals surface area contributed by atoms with Crippen molar-refractivity contribution in [3.63, 3.8) is 0 Å². The van der Waals surface area contributed by atoms with Crippen LogP contribution in [-0.4, -0.2) is 23.6 Å². The van der Waals surface area contributed by atoms with Gasteiger partial charge >= 0.3 is 0 Å². The summed E-state index contributed by atoms with van der Waals surface area (Å²) in [5.74, 6) is 1.92. The second kappa shape index (κ2) is 9.67. The van der Waals surface area contributed by atoms with Gasteiger partial charge in [0.2, 0.25) is 0 Å². The lowest BCUT2D eigenvalue weighted by Crippen LogP contribution is -2.37. The van der Waals surface area contributed by atoms with Crippen LogP contribution in [0.15, 0.2) is 65.1 Å². The van der Waals surface area contributed by atoms with Crippen molar-refractivity contribution in [3.8, 4) is 11.5 Å². The van der Waals surface area contributed by atoms with Gasteiger partial charge in [-0.05, 0) is 40.7 Å². The van der Waals surface area contributed by atoms with E-state index < -0.39 is 10.8 Å². The molecule has 39 heavy (non-hydrogen) atoms. The second-order valence-electron chi connectivity index (χ2n) is 12.2. The van der Waals surface area contributed by atoms with Crippen molar-refractivity contribution in [1.29, 1.82) is 0 Å². The molecule has 0 atom stereocenters. The third-order valence-electron chi connectivity index (χ3n) is 7.66. The molecule has 0 saturated heterocycles. The van der Waals surface area contributed by atoms with Crippen LogP contribution in [0.5, 0.6) is 11.5 Å². The summed E-state index contributed by atoms with van der Waals surface area (Å²) in [6, 6.07) is 11.5. The van der Waals surface area contributed by atoms with Crippen LogP contribution in [0.3, 0.4) is 0 Å². The Hall–Kier alpha value is -3.94. The van der Waals surface area contributed by atoms with Crippen molar-refractivity contribution in [2.45, 2.75) is 65.9 Å². The lowest BCUT2D eigenvalue weighted by atomic mass is 9.65. The van der Waals surface area contributed by atoms with Crippen molar-refractivity contribution >= 4 is 17.3 Å². The van der Waals surface area contributed by atoms with Gasteiger partial charge in [0.25, 0.3) is 5.69 Å². The molecule has 5 rings (SSSR count). The number of hydrogen-bond donors (Lipinski definition) is 0. The minimum absolute atomic E-state index is 0.00920. The monoisotopic (exact) mass is 531 g/mol. The summed E-state index contributed by atoms with van der Waals surface area (Å²) in [5, 5.41) is 11.0. The molecule has 0 aromatic heterocycles. The Morgan fingerprint density at radius 2 is 1.46 bits per heavy atom. The summed E-state index contributed by atoms with van der Waals surface area (Å²) in [7, 11) is 1.57. The van der Waals surface area contributed by atoms with Crippen molar-refractivity contribution in [3.05, 3.63) is 86.4 Å². The topological polar surface area (TPSA) is 105 Å². The van der Waals surface area contributed by atoms with Gasteiger partial charge in [-0.15, -0.1) is 0 Å². The van der Waals surface area contributed by atoms with E-state index in [4.69, 9.17) is 14.2 Å². The average Bonchev–Trinajstić information content (AvgIpc) is 2.84. The Balaban J connectivity index is 1.55. The third kappa shape index (κ3) is 5.20. The zero-order valence-electron chi connectivity index (χ0n) is 23.0. The number of allylic oxidation sites excluding steroid dienone is 4. The van der Waals surface area contributed by atoms with Crippen molar-refractivity contribution in [1.82, 2.24) is 0 Å². The summed E-state index contributed by atoms with van der Waals surface area (Å²) in [4.78, 5) is 37.6.